The quantitative estimate of drug-likeness (QED) is 0.337. The van der Waals surface area contributed by atoms with Crippen LogP contribution in [0.1, 0.15) is 17.3 Å². The maximum Gasteiger partial charge on any atom is 0.326 e. The van der Waals surface area contributed by atoms with Gasteiger partial charge in [-0.2, -0.15) is 0 Å². The number of ether oxygens (including phenoxy) is 2. The van der Waals surface area contributed by atoms with Crippen LogP contribution in [0.2, 0.25) is 0 Å². The molecule has 2 rings (SSSR count). The molecular formula is C19H18BrN3O7. The second-order valence-corrected chi connectivity index (χ2v) is 6.87. The van der Waals surface area contributed by atoms with Gasteiger partial charge in [0.25, 0.3) is 17.5 Å². The highest BCUT2D eigenvalue weighted by Crippen LogP contribution is 2.29. The number of benzene rings is 2. The normalized spacial score (nSPS) is 11.2. The molecule has 11 heteroatoms. The Balaban J connectivity index is 1.92. The van der Waals surface area contributed by atoms with E-state index in [1.165, 1.54) is 26.2 Å². The minimum Gasteiger partial charge on any atom is -0.496 e. The van der Waals surface area contributed by atoms with Gasteiger partial charge in [-0.3, -0.25) is 24.5 Å². The van der Waals surface area contributed by atoms with E-state index in [2.05, 4.69) is 26.6 Å². The predicted octanol–water partition coefficient (Wildman–Crippen LogP) is 2.67. The van der Waals surface area contributed by atoms with E-state index >= 15 is 0 Å². The third-order valence-electron chi connectivity index (χ3n) is 3.82. The lowest BCUT2D eigenvalue weighted by atomic mass is 10.2. The summed E-state index contributed by atoms with van der Waals surface area (Å²) in [7, 11) is 1.36. The van der Waals surface area contributed by atoms with Gasteiger partial charge in [-0.1, -0.05) is 22.0 Å². The predicted molar refractivity (Wildman–Crippen MR) is 110 cm³/mol. The monoisotopic (exact) mass is 479 g/mol. The molecule has 2 N–H and O–H groups in total. The van der Waals surface area contributed by atoms with Crippen LogP contribution in [0.15, 0.2) is 46.9 Å². The van der Waals surface area contributed by atoms with E-state index in [-0.39, 0.29) is 17.1 Å². The highest BCUT2D eigenvalue weighted by molar-refractivity contribution is 9.10. The van der Waals surface area contributed by atoms with Crippen molar-refractivity contribution in [2.24, 2.45) is 0 Å². The maximum atomic E-state index is 12.2. The van der Waals surface area contributed by atoms with Gasteiger partial charge in [-0.05, 0) is 37.3 Å². The van der Waals surface area contributed by atoms with Crippen LogP contribution in [0.4, 0.5) is 11.4 Å². The van der Waals surface area contributed by atoms with E-state index in [1.807, 2.05) is 0 Å². The number of hydrogen-bond acceptors (Lipinski definition) is 7. The number of methoxy groups -OCH3 is 1. The summed E-state index contributed by atoms with van der Waals surface area (Å²) in [6.07, 6.45) is -1.25. The fourth-order valence-electron chi connectivity index (χ4n) is 2.31. The number of halogens is 1. The lowest BCUT2D eigenvalue weighted by molar-refractivity contribution is -0.384. The van der Waals surface area contributed by atoms with Crippen LogP contribution < -0.4 is 15.4 Å². The Morgan fingerprint density at radius 2 is 1.93 bits per heavy atom. The molecule has 30 heavy (non-hydrogen) atoms. The SMILES string of the molecule is COc1ccc(NC(=O)C(C)OC(=O)CNC(=O)c2cccc(Br)c2)c([N+](=O)[O-])c1. The van der Waals surface area contributed by atoms with Crippen molar-refractivity contribution in [2.75, 3.05) is 19.0 Å². The minimum atomic E-state index is -1.25. The number of carbonyl (C=O) groups is 3. The Bertz CT molecular complexity index is 980. The first-order valence-electron chi connectivity index (χ1n) is 8.57. The van der Waals surface area contributed by atoms with Crippen molar-refractivity contribution in [3.05, 3.63) is 62.6 Å². The summed E-state index contributed by atoms with van der Waals surface area (Å²) >= 11 is 3.24. The first-order chi connectivity index (χ1) is 14.2. The third kappa shape index (κ3) is 6.27. The molecule has 1 atom stereocenters. The van der Waals surface area contributed by atoms with Crippen LogP contribution in [0, 0.1) is 10.1 Å². The highest BCUT2D eigenvalue weighted by atomic mass is 79.9. The molecule has 158 valence electrons. The molecule has 0 aromatic heterocycles. The van der Waals surface area contributed by atoms with E-state index in [0.29, 0.717) is 10.0 Å². The highest BCUT2D eigenvalue weighted by Gasteiger charge is 2.23. The Morgan fingerprint density at radius 1 is 1.20 bits per heavy atom. The molecule has 0 aliphatic heterocycles. The number of nitro benzene ring substituents is 1. The number of hydrogen-bond donors (Lipinski definition) is 2. The summed E-state index contributed by atoms with van der Waals surface area (Å²) in [4.78, 5) is 46.7. The topological polar surface area (TPSA) is 137 Å². The van der Waals surface area contributed by atoms with Gasteiger partial charge >= 0.3 is 5.97 Å². The third-order valence-corrected chi connectivity index (χ3v) is 4.31. The molecule has 1 unspecified atom stereocenters. The number of nitro groups is 1. The van der Waals surface area contributed by atoms with Crippen molar-refractivity contribution >= 4 is 45.1 Å². The van der Waals surface area contributed by atoms with Gasteiger partial charge in [0.15, 0.2) is 6.10 Å². The molecular weight excluding hydrogens is 462 g/mol. The van der Waals surface area contributed by atoms with E-state index in [4.69, 9.17) is 9.47 Å². The van der Waals surface area contributed by atoms with E-state index in [9.17, 15) is 24.5 Å². The number of amides is 2. The van der Waals surface area contributed by atoms with Crippen LogP contribution in [0.25, 0.3) is 0 Å². The van der Waals surface area contributed by atoms with Crippen LogP contribution in [0.5, 0.6) is 5.75 Å². The van der Waals surface area contributed by atoms with E-state index in [1.54, 1.807) is 24.3 Å². The number of carbonyl (C=O) groups excluding carboxylic acids is 3. The first-order valence-corrected chi connectivity index (χ1v) is 9.37. The summed E-state index contributed by atoms with van der Waals surface area (Å²) in [5.74, 6) is -1.85. The van der Waals surface area contributed by atoms with Crippen LogP contribution in [0.3, 0.4) is 0 Å². The molecule has 0 aliphatic carbocycles. The molecule has 0 spiro atoms. The molecule has 2 amide bonds. The van der Waals surface area contributed by atoms with Gasteiger partial charge in [0.2, 0.25) is 0 Å². The van der Waals surface area contributed by atoms with Gasteiger partial charge in [-0.15, -0.1) is 0 Å². The minimum absolute atomic E-state index is 0.0725. The summed E-state index contributed by atoms with van der Waals surface area (Å²) in [5, 5.41) is 15.9. The maximum absolute atomic E-state index is 12.2. The molecule has 0 radical (unpaired) electrons. The smallest absolute Gasteiger partial charge is 0.326 e. The molecule has 0 heterocycles. The first kappa shape index (κ1) is 22.8. The summed E-state index contributed by atoms with van der Waals surface area (Å²) in [6, 6.07) is 10.5. The van der Waals surface area contributed by atoms with Crippen molar-refractivity contribution in [3.8, 4) is 5.75 Å². The van der Waals surface area contributed by atoms with Crippen LogP contribution in [-0.2, 0) is 14.3 Å². The summed E-state index contributed by atoms with van der Waals surface area (Å²) in [5.41, 5.74) is -0.103. The van der Waals surface area contributed by atoms with Crippen molar-refractivity contribution < 1.29 is 28.8 Å². The fourth-order valence-corrected chi connectivity index (χ4v) is 2.71. The molecule has 0 fully saturated rings. The number of anilines is 1. The lowest BCUT2D eigenvalue weighted by Gasteiger charge is -2.14. The van der Waals surface area contributed by atoms with Crippen molar-refractivity contribution in [3.63, 3.8) is 0 Å². The molecule has 0 bridgehead atoms. The van der Waals surface area contributed by atoms with Gasteiger partial charge in [0, 0.05) is 10.0 Å². The van der Waals surface area contributed by atoms with Crippen molar-refractivity contribution in [1.29, 1.82) is 0 Å². The Labute approximate surface area is 179 Å². The zero-order chi connectivity index (χ0) is 22.3. The van der Waals surface area contributed by atoms with E-state index < -0.39 is 35.4 Å². The molecule has 10 nitrogen and oxygen atoms in total. The Morgan fingerprint density at radius 3 is 2.57 bits per heavy atom. The van der Waals surface area contributed by atoms with Crippen molar-refractivity contribution in [2.45, 2.75) is 13.0 Å². The number of nitrogens with one attached hydrogen (secondary N) is 2. The van der Waals surface area contributed by atoms with Gasteiger partial charge in [0.1, 0.15) is 18.0 Å². The van der Waals surface area contributed by atoms with Crippen molar-refractivity contribution in [1.82, 2.24) is 5.32 Å². The number of esters is 1. The van der Waals surface area contributed by atoms with Crippen LogP contribution >= 0.6 is 15.9 Å². The fraction of sp³-hybridized carbons (Fsp3) is 0.211. The molecule has 0 saturated carbocycles. The number of nitrogens with zero attached hydrogens (tertiary/aromatic N) is 1. The number of rotatable bonds is 8. The zero-order valence-electron chi connectivity index (χ0n) is 16.0. The average molecular weight is 480 g/mol. The van der Waals surface area contributed by atoms with Gasteiger partial charge < -0.3 is 20.1 Å². The Kier molecular flexibility index (Phi) is 7.87. The second-order valence-electron chi connectivity index (χ2n) is 5.95. The van der Waals surface area contributed by atoms with Crippen LogP contribution in [-0.4, -0.2) is 42.5 Å². The Hall–Kier alpha value is -3.47. The standard InChI is InChI=1S/C19H18BrN3O7/c1-11(18(25)22-15-7-6-14(29-2)9-16(15)23(27)28)30-17(24)10-21-19(26)12-4-3-5-13(20)8-12/h3-9,11H,10H2,1-2H3,(H,21,26)(H,22,25). The molecule has 0 aliphatic rings. The zero-order valence-corrected chi connectivity index (χ0v) is 17.6. The van der Waals surface area contributed by atoms with Gasteiger partial charge in [0.05, 0.1) is 18.1 Å². The second kappa shape index (κ2) is 10.3. The summed E-state index contributed by atoms with van der Waals surface area (Å²) in [6.45, 7) is 0.852. The van der Waals surface area contributed by atoms with E-state index in [0.717, 1.165) is 6.07 Å². The van der Waals surface area contributed by atoms with Gasteiger partial charge in [-0.25, -0.2) is 0 Å². The molecule has 0 saturated heterocycles. The average Bonchev–Trinajstić information content (AvgIpc) is 2.71. The molecule has 2 aromatic rings. The largest absolute Gasteiger partial charge is 0.496 e. The summed E-state index contributed by atoms with van der Waals surface area (Å²) < 4.78 is 10.6. The molecule has 2 aromatic carbocycles. The lowest BCUT2D eigenvalue weighted by Crippen LogP contribution is -2.35.